The van der Waals surface area contributed by atoms with Crippen LogP contribution in [-0.2, 0) is 0 Å². The highest BCUT2D eigenvalue weighted by Crippen LogP contribution is 2.33. The van der Waals surface area contributed by atoms with Gasteiger partial charge in [-0.15, -0.1) is 0 Å². The van der Waals surface area contributed by atoms with Crippen LogP contribution in [0.15, 0.2) is 12.2 Å². The van der Waals surface area contributed by atoms with Crippen LogP contribution < -0.4 is 0 Å². The summed E-state index contributed by atoms with van der Waals surface area (Å²) in [7, 11) is 0. The molecule has 0 bridgehead atoms. The predicted octanol–water partition coefficient (Wildman–Crippen LogP) is 4.66. The molecule has 1 nitrogen and oxygen atoms in total. The van der Waals surface area contributed by atoms with Crippen LogP contribution in [0.5, 0.6) is 0 Å². The van der Waals surface area contributed by atoms with E-state index in [9.17, 15) is 5.11 Å². The highest BCUT2D eigenvalue weighted by atomic mass is 16.3. The maximum absolute atomic E-state index is 9.17. The van der Waals surface area contributed by atoms with Crippen molar-refractivity contribution in [2.24, 2.45) is 17.8 Å². The number of rotatable bonds is 3. The summed E-state index contributed by atoms with van der Waals surface area (Å²) in [6, 6.07) is 0. The second-order valence-corrected chi connectivity index (χ2v) is 3.92. The lowest BCUT2D eigenvalue weighted by Gasteiger charge is -2.31. The van der Waals surface area contributed by atoms with Gasteiger partial charge in [-0.25, -0.2) is 0 Å². The predicted molar refractivity (Wildman–Crippen MR) is 74.6 cm³/mol. The van der Waals surface area contributed by atoms with Crippen LogP contribution in [0, 0.1) is 17.8 Å². The van der Waals surface area contributed by atoms with Gasteiger partial charge in [-0.1, -0.05) is 60.1 Å². The quantitative estimate of drug-likeness (QED) is 0.697. The molecule has 1 rings (SSSR count). The lowest BCUT2D eigenvalue weighted by Crippen LogP contribution is -2.26. The van der Waals surface area contributed by atoms with E-state index in [1.165, 1.54) is 12.8 Å². The van der Waals surface area contributed by atoms with Crippen molar-refractivity contribution in [2.45, 2.75) is 60.8 Å². The Morgan fingerprint density at radius 2 is 1.75 bits per heavy atom. The zero-order chi connectivity index (χ0) is 13.0. The van der Waals surface area contributed by atoms with Gasteiger partial charge in [0.05, 0.1) is 0 Å². The first-order chi connectivity index (χ1) is 7.79. The molecule has 0 aromatic heterocycles. The Labute approximate surface area is 103 Å². The van der Waals surface area contributed by atoms with Gasteiger partial charge < -0.3 is 5.11 Å². The average molecular weight is 228 g/mol. The summed E-state index contributed by atoms with van der Waals surface area (Å²) in [6.45, 7) is 12.8. The van der Waals surface area contributed by atoms with Gasteiger partial charge in [0, 0.05) is 6.61 Å². The number of allylic oxidation sites excluding steroid dienone is 2. The average Bonchev–Trinajstić information content (AvgIpc) is 2.37. The maximum atomic E-state index is 9.17. The molecule has 0 fully saturated rings. The molecule has 1 heteroatoms. The topological polar surface area (TPSA) is 20.2 Å². The minimum Gasteiger partial charge on any atom is -0.396 e. The Hall–Kier alpha value is -0.300. The Balaban J connectivity index is 0. The number of hydrogen-bond acceptors (Lipinski definition) is 1. The number of hydrogen-bond donors (Lipinski definition) is 1. The van der Waals surface area contributed by atoms with Crippen molar-refractivity contribution in [2.75, 3.05) is 6.61 Å². The molecule has 1 aliphatic rings. The van der Waals surface area contributed by atoms with E-state index in [0.29, 0.717) is 24.4 Å². The number of aliphatic hydroxyl groups excluding tert-OH is 1. The van der Waals surface area contributed by atoms with E-state index >= 15 is 0 Å². The van der Waals surface area contributed by atoms with Gasteiger partial charge in [-0.05, 0) is 30.6 Å². The fourth-order valence-electron chi connectivity index (χ4n) is 2.26. The smallest absolute Gasteiger partial charge is 0.0465 e. The molecule has 0 aliphatic heterocycles. The van der Waals surface area contributed by atoms with Gasteiger partial charge in [-0.3, -0.25) is 0 Å². The summed E-state index contributed by atoms with van der Waals surface area (Å²) in [5.41, 5.74) is 0. The molecule has 1 N–H and O–H groups in total. The third kappa shape index (κ3) is 6.32. The number of aliphatic hydroxyl groups is 1. The highest BCUT2D eigenvalue weighted by molar-refractivity contribution is 4.98. The molecule has 0 spiro atoms. The second kappa shape index (κ2) is 12.8. The third-order valence-electron chi connectivity index (χ3n) is 3.02. The van der Waals surface area contributed by atoms with Crippen molar-refractivity contribution >= 4 is 0 Å². The van der Waals surface area contributed by atoms with E-state index in [2.05, 4.69) is 26.0 Å². The summed E-state index contributed by atoms with van der Waals surface area (Å²) in [5.74, 6) is 1.89. The van der Waals surface area contributed by atoms with Crippen molar-refractivity contribution in [3.05, 3.63) is 12.2 Å². The summed E-state index contributed by atoms with van der Waals surface area (Å²) in [5, 5.41) is 9.17. The fourth-order valence-corrected chi connectivity index (χ4v) is 2.26. The molecule has 0 aromatic carbocycles. The first kappa shape index (κ1) is 18.1. The lowest BCUT2D eigenvalue weighted by atomic mass is 9.75. The molecule has 0 amide bonds. The van der Waals surface area contributed by atoms with E-state index in [-0.39, 0.29) is 0 Å². The first-order valence-corrected chi connectivity index (χ1v) is 7.07. The second-order valence-electron chi connectivity index (χ2n) is 3.92. The molecule has 0 saturated carbocycles. The zero-order valence-electron chi connectivity index (χ0n) is 12.2. The van der Waals surface area contributed by atoms with Crippen molar-refractivity contribution in [1.29, 1.82) is 0 Å². The van der Waals surface area contributed by atoms with Crippen LogP contribution in [-0.4, -0.2) is 11.7 Å². The molecule has 98 valence electrons. The molecule has 0 radical (unpaired) electrons. The van der Waals surface area contributed by atoms with Gasteiger partial charge >= 0.3 is 0 Å². The summed E-state index contributed by atoms with van der Waals surface area (Å²) in [6.07, 6.45) is 8.09. The van der Waals surface area contributed by atoms with Crippen LogP contribution in [0.3, 0.4) is 0 Å². The Kier molecular flexibility index (Phi) is 14.4. The standard InChI is InChI=1S/C11H20O.2C2H6/c1-3-5-11-9(2)6-4-7-10(11)8-12;2*1-2/h4,6,9-12H,3,5,7-8H2,1-2H3;2*1-2H3/t9-,10?,11?;;/m1../s1. The Bertz CT molecular complexity index is 152. The molecule has 2 unspecified atom stereocenters. The molecule has 16 heavy (non-hydrogen) atoms. The SMILES string of the molecule is CC.CC.CCCC1C(CO)CC=C[C@H]1C. The molecule has 0 aromatic rings. The minimum atomic E-state index is 0.360. The lowest BCUT2D eigenvalue weighted by molar-refractivity contribution is 0.141. The van der Waals surface area contributed by atoms with Crippen LogP contribution in [0.1, 0.15) is 60.8 Å². The van der Waals surface area contributed by atoms with Crippen molar-refractivity contribution in [1.82, 2.24) is 0 Å². The first-order valence-electron chi connectivity index (χ1n) is 7.07. The van der Waals surface area contributed by atoms with Crippen molar-refractivity contribution < 1.29 is 5.11 Å². The monoisotopic (exact) mass is 228 g/mol. The Morgan fingerprint density at radius 1 is 1.19 bits per heavy atom. The van der Waals surface area contributed by atoms with E-state index in [4.69, 9.17) is 0 Å². The van der Waals surface area contributed by atoms with Crippen LogP contribution >= 0.6 is 0 Å². The third-order valence-corrected chi connectivity index (χ3v) is 3.02. The highest BCUT2D eigenvalue weighted by Gasteiger charge is 2.25. The fraction of sp³-hybridized carbons (Fsp3) is 0.867. The van der Waals surface area contributed by atoms with Crippen molar-refractivity contribution in [3.63, 3.8) is 0 Å². The normalized spacial score (nSPS) is 27.3. The summed E-state index contributed by atoms with van der Waals surface area (Å²) >= 11 is 0. The molecular weight excluding hydrogens is 196 g/mol. The van der Waals surface area contributed by atoms with E-state index in [1.807, 2.05) is 27.7 Å². The van der Waals surface area contributed by atoms with E-state index < -0.39 is 0 Å². The van der Waals surface area contributed by atoms with E-state index in [0.717, 1.165) is 6.42 Å². The molecule has 0 saturated heterocycles. The van der Waals surface area contributed by atoms with Gasteiger partial charge in [0.15, 0.2) is 0 Å². The maximum Gasteiger partial charge on any atom is 0.0465 e. The molecule has 1 aliphatic carbocycles. The van der Waals surface area contributed by atoms with E-state index in [1.54, 1.807) is 0 Å². The molecule has 0 heterocycles. The van der Waals surface area contributed by atoms with Crippen molar-refractivity contribution in [3.8, 4) is 0 Å². The minimum absolute atomic E-state index is 0.360. The zero-order valence-corrected chi connectivity index (χ0v) is 12.2. The van der Waals surface area contributed by atoms with Crippen LogP contribution in [0.25, 0.3) is 0 Å². The Morgan fingerprint density at radius 3 is 2.19 bits per heavy atom. The molecular formula is C15H32O. The van der Waals surface area contributed by atoms with Crippen LogP contribution in [0.2, 0.25) is 0 Å². The summed E-state index contributed by atoms with van der Waals surface area (Å²) < 4.78 is 0. The van der Waals surface area contributed by atoms with Gasteiger partial charge in [0.2, 0.25) is 0 Å². The summed E-state index contributed by atoms with van der Waals surface area (Å²) in [4.78, 5) is 0. The van der Waals surface area contributed by atoms with Gasteiger partial charge in [0.25, 0.3) is 0 Å². The van der Waals surface area contributed by atoms with Gasteiger partial charge in [0.1, 0.15) is 0 Å². The largest absolute Gasteiger partial charge is 0.396 e. The van der Waals surface area contributed by atoms with Crippen LogP contribution in [0.4, 0.5) is 0 Å². The molecule has 3 atom stereocenters. The van der Waals surface area contributed by atoms with Gasteiger partial charge in [-0.2, -0.15) is 0 Å².